The molecule has 1 N–H and O–H groups in total. The van der Waals surface area contributed by atoms with Gasteiger partial charge in [-0.05, 0) is 36.1 Å². The van der Waals surface area contributed by atoms with Crippen LogP contribution in [0, 0.1) is 0 Å². The predicted octanol–water partition coefficient (Wildman–Crippen LogP) is 2.36. The molecule has 0 saturated heterocycles. The third-order valence-corrected chi connectivity index (χ3v) is 2.61. The normalized spacial score (nSPS) is 10.3. The summed E-state index contributed by atoms with van der Waals surface area (Å²) in [5.41, 5.74) is 1.14. The van der Waals surface area contributed by atoms with Gasteiger partial charge in [0, 0.05) is 18.9 Å². The molecule has 0 aromatic carbocycles. The van der Waals surface area contributed by atoms with E-state index in [1.165, 1.54) is 0 Å². The first-order chi connectivity index (χ1) is 9.78. The second-order valence-electron chi connectivity index (χ2n) is 4.10. The second kappa shape index (κ2) is 7.59. The molecule has 0 fully saturated rings. The Morgan fingerprint density at radius 3 is 2.95 bits per heavy atom. The van der Waals surface area contributed by atoms with Crippen molar-refractivity contribution in [2.45, 2.75) is 19.8 Å². The summed E-state index contributed by atoms with van der Waals surface area (Å²) >= 11 is 5.83. The van der Waals surface area contributed by atoms with Crippen molar-refractivity contribution in [3.63, 3.8) is 0 Å². The van der Waals surface area contributed by atoms with Crippen LogP contribution < -0.4 is 10.1 Å². The molecule has 0 amide bonds. The van der Waals surface area contributed by atoms with Crippen molar-refractivity contribution in [3.8, 4) is 6.01 Å². The van der Waals surface area contributed by atoms with Crippen molar-refractivity contribution in [2.75, 3.05) is 18.5 Å². The zero-order valence-electron chi connectivity index (χ0n) is 11.2. The summed E-state index contributed by atoms with van der Waals surface area (Å²) in [6.07, 6.45) is 5.28. The van der Waals surface area contributed by atoms with Crippen LogP contribution in [0.3, 0.4) is 0 Å². The summed E-state index contributed by atoms with van der Waals surface area (Å²) in [6.45, 7) is 3.24. The Bertz CT molecular complexity index is 538. The fraction of sp³-hybridized carbons (Fsp3) is 0.385. The summed E-state index contributed by atoms with van der Waals surface area (Å²) in [7, 11) is 0. The average Bonchev–Trinajstić information content (AvgIpc) is 2.46. The van der Waals surface area contributed by atoms with Gasteiger partial charge in [-0.3, -0.25) is 4.98 Å². The minimum Gasteiger partial charge on any atom is -0.463 e. The number of ether oxygens (including phenoxy) is 1. The van der Waals surface area contributed by atoms with E-state index in [0.29, 0.717) is 19.1 Å². The number of anilines is 1. The van der Waals surface area contributed by atoms with Gasteiger partial charge in [0.1, 0.15) is 0 Å². The summed E-state index contributed by atoms with van der Waals surface area (Å²) in [5.74, 6) is 0.417. The molecule has 0 spiro atoms. The number of nitrogens with zero attached hydrogens (tertiary/aromatic N) is 4. The highest BCUT2D eigenvalue weighted by atomic mass is 35.5. The van der Waals surface area contributed by atoms with Gasteiger partial charge in [0.05, 0.1) is 6.61 Å². The van der Waals surface area contributed by atoms with Crippen molar-refractivity contribution in [1.29, 1.82) is 0 Å². The number of hydrogen-bond acceptors (Lipinski definition) is 6. The lowest BCUT2D eigenvalue weighted by atomic mass is 10.2. The van der Waals surface area contributed by atoms with Crippen LogP contribution in [0.15, 0.2) is 24.5 Å². The van der Waals surface area contributed by atoms with Gasteiger partial charge in [-0.2, -0.15) is 15.0 Å². The quantitative estimate of drug-likeness (QED) is 0.845. The van der Waals surface area contributed by atoms with E-state index in [2.05, 4.69) is 25.3 Å². The molecule has 0 bridgehead atoms. The van der Waals surface area contributed by atoms with Crippen LogP contribution in [0.25, 0.3) is 0 Å². The minimum atomic E-state index is 0.120. The maximum atomic E-state index is 5.83. The minimum absolute atomic E-state index is 0.120. The largest absolute Gasteiger partial charge is 0.463 e. The Kier molecular flexibility index (Phi) is 5.49. The molecule has 0 atom stereocenters. The molecule has 0 saturated carbocycles. The first kappa shape index (κ1) is 14.5. The molecule has 0 unspecified atom stereocenters. The molecule has 2 aromatic heterocycles. The molecule has 2 heterocycles. The molecule has 20 heavy (non-hydrogen) atoms. The van der Waals surface area contributed by atoms with E-state index in [1.807, 2.05) is 25.3 Å². The molecule has 106 valence electrons. The maximum absolute atomic E-state index is 5.83. The third-order valence-electron chi connectivity index (χ3n) is 2.44. The molecule has 7 heteroatoms. The van der Waals surface area contributed by atoms with E-state index < -0.39 is 0 Å². The molecular formula is C13H16ClN5O. The number of halogens is 1. The lowest BCUT2D eigenvalue weighted by molar-refractivity contribution is 0.291. The van der Waals surface area contributed by atoms with E-state index >= 15 is 0 Å². The van der Waals surface area contributed by atoms with Gasteiger partial charge in [-0.1, -0.05) is 13.0 Å². The highest BCUT2D eigenvalue weighted by Crippen LogP contribution is 2.11. The van der Waals surface area contributed by atoms with Gasteiger partial charge in [-0.25, -0.2) is 0 Å². The van der Waals surface area contributed by atoms with E-state index in [0.717, 1.165) is 18.4 Å². The molecule has 0 aliphatic rings. The van der Waals surface area contributed by atoms with E-state index in [-0.39, 0.29) is 11.3 Å². The van der Waals surface area contributed by atoms with Crippen molar-refractivity contribution in [1.82, 2.24) is 19.9 Å². The Morgan fingerprint density at radius 1 is 1.30 bits per heavy atom. The van der Waals surface area contributed by atoms with Crippen LogP contribution in [0.1, 0.15) is 18.9 Å². The Hall–Kier alpha value is -1.95. The van der Waals surface area contributed by atoms with Crippen LogP contribution in [0.5, 0.6) is 6.01 Å². The topological polar surface area (TPSA) is 72.8 Å². The smallest absolute Gasteiger partial charge is 0.322 e. The SMILES string of the molecule is CCCOc1nc(Cl)nc(NCCc2cccnc2)n1. The van der Waals surface area contributed by atoms with Crippen molar-refractivity contribution < 1.29 is 4.74 Å². The second-order valence-corrected chi connectivity index (χ2v) is 4.44. The van der Waals surface area contributed by atoms with Gasteiger partial charge >= 0.3 is 6.01 Å². The molecule has 0 radical (unpaired) electrons. The number of rotatable bonds is 7. The molecule has 0 aliphatic heterocycles. The van der Waals surface area contributed by atoms with Crippen molar-refractivity contribution in [3.05, 3.63) is 35.4 Å². The monoisotopic (exact) mass is 293 g/mol. The van der Waals surface area contributed by atoms with Gasteiger partial charge in [0.25, 0.3) is 0 Å². The van der Waals surface area contributed by atoms with E-state index in [4.69, 9.17) is 16.3 Å². The van der Waals surface area contributed by atoms with E-state index in [9.17, 15) is 0 Å². The molecular weight excluding hydrogens is 278 g/mol. The summed E-state index contributed by atoms with van der Waals surface area (Å²) in [6, 6.07) is 4.17. The Balaban J connectivity index is 1.90. The number of hydrogen-bond donors (Lipinski definition) is 1. The van der Waals surface area contributed by atoms with Crippen LogP contribution in [0.4, 0.5) is 5.95 Å². The average molecular weight is 294 g/mol. The zero-order chi connectivity index (χ0) is 14.2. The summed E-state index contributed by atoms with van der Waals surface area (Å²) in [5, 5.41) is 3.22. The molecule has 6 nitrogen and oxygen atoms in total. The number of pyridine rings is 1. The fourth-order valence-corrected chi connectivity index (χ4v) is 1.69. The van der Waals surface area contributed by atoms with Crippen molar-refractivity contribution >= 4 is 17.5 Å². The number of aromatic nitrogens is 4. The Morgan fingerprint density at radius 2 is 2.20 bits per heavy atom. The molecule has 2 rings (SSSR count). The third kappa shape index (κ3) is 4.62. The van der Waals surface area contributed by atoms with E-state index in [1.54, 1.807) is 6.20 Å². The van der Waals surface area contributed by atoms with Gasteiger partial charge in [0.2, 0.25) is 11.2 Å². The summed E-state index contributed by atoms with van der Waals surface area (Å²) in [4.78, 5) is 16.1. The lowest BCUT2D eigenvalue weighted by Gasteiger charge is -2.07. The molecule has 0 aliphatic carbocycles. The fourth-order valence-electron chi connectivity index (χ4n) is 1.53. The van der Waals surface area contributed by atoms with Gasteiger partial charge in [-0.15, -0.1) is 0 Å². The van der Waals surface area contributed by atoms with Crippen LogP contribution in [-0.2, 0) is 6.42 Å². The predicted molar refractivity (Wildman–Crippen MR) is 77.1 cm³/mol. The van der Waals surface area contributed by atoms with Gasteiger partial charge < -0.3 is 10.1 Å². The zero-order valence-corrected chi connectivity index (χ0v) is 12.0. The van der Waals surface area contributed by atoms with Crippen LogP contribution in [-0.4, -0.2) is 33.1 Å². The highest BCUT2D eigenvalue weighted by molar-refractivity contribution is 6.28. The van der Waals surface area contributed by atoms with Crippen LogP contribution in [0.2, 0.25) is 5.28 Å². The maximum Gasteiger partial charge on any atom is 0.322 e. The standard InChI is InChI=1S/C13H16ClN5O/c1-2-8-20-13-18-11(14)17-12(19-13)16-7-5-10-4-3-6-15-9-10/h3-4,6,9H,2,5,7-8H2,1H3,(H,16,17,18,19). The summed E-state index contributed by atoms with van der Waals surface area (Å²) < 4.78 is 5.34. The number of nitrogens with one attached hydrogen (secondary N) is 1. The highest BCUT2D eigenvalue weighted by Gasteiger charge is 2.05. The first-order valence-corrected chi connectivity index (χ1v) is 6.83. The lowest BCUT2D eigenvalue weighted by Crippen LogP contribution is -2.10. The first-order valence-electron chi connectivity index (χ1n) is 6.45. The Labute approximate surface area is 122 Å². The molecule has 2 aromatic rings. The van der Waals surface area contributed by atoms with Gasteiger partial charge in [0.15, 0.2) is 0 Å². The van der Waals surface area contributed by atoms with Crippen LogP contribution >= 0.6 is 11.6 Å². The van der Waals surface area contributed by atoms with Crippen molar-refractivity contribution in [2.24, 2.45) is 0 Å².